The van der Waals surface area contributed by atoms with Crippen LogP contribution in [0.1, 0.15) is 37.7 Å². The van der Waals surface area contributed by atoms with Gasteiger partial charge in [-0.15, -0.1) is 0 Å². The Hall–Kier alpha value is -0.830. The Bertz CT molecular complexity index is 512. The third kappa shape index (κ3) is 2.93. The Morgan fingerprint density at radius 3 is 2.80 bits per heavy atom. The Morgan fingerprint density at radius 2 is 2.20 bits per heavy atom. The van der Waals surface area contributed by atoms with Gasteiger partial charge in [-0.2, -0.15) is 0 Å². The van der Waals surface area contributed by atoms with Crippen LogP contribution >= 0.6 is 15.9 Å². The first-order valence-electron chi connectivity index (χ1n) is 7.50. The van der Waals surface area contributed by atoms with Crippen LogP contribution in [0, 0.1) is 17.8 Å². The Labute approximate surface area is 129 Å². The maximum absolute atomic E-state index is 12.3. The topological polar surface area (TPSA) is 26.3 Å². The average molecular weight is 337 g/mol. The zero-order valence-electron chi connectivity index (χ0n) is 11.9. The lowest BCUT2D eigenvalue weighted by atomic mass is 9.84. The van der Waals surface area contributed by atoms with E-state index in [-0.39, 0.29) is 0 Å². The van der Waals surface area contributed by atoms with Crippen molar-refractivity contribution in [2.45, 2.75) is 38.5 Å². The van der Waals surface area contributed by atoms with Crippen LogP contribution in [0.15, 0.2) is 22.7 Å². The Kier molecular flexibility index (Phi) is 4.16. The monoisotopic (exact) mass is 336 g/mol. The van der Waals surface area contributed by atoms with Gasteiger partial charge in [-0.25, -0.2) is 0 Å². The summed E-state index contributed by atoms with van der Waals surface area (Å²) in [6.45, 7) is 0. The van der Waals surface area contributed by atoms with Gasteiger partial charge in [0.25, 0.3) is 0 Å². The number of carbonyl (C=O) groups is 1. The fraction of sp³-hybridized carbons (Fsp3) is 0.588. The quantitative estimate of drug-likeness (QED) is 0.796. The highest BCUT2D eigenvalue weighted by Crippen LogP contribution is 2.49. The number of benzene rings is 1. The number of hydrogen-bond acceptors (Lipinski definition) is 2. The molecule has 2 saturated carbocycles. The zero-order chi connectivity index (χ0) is 14.1. The van der Waals surface area contributed by atoms with Crippen LogP contribution in [-0.4, -0.2) is 12.9 Å². The zero-order valence-corrected chi connectivity index (χ0v) is 13.5. The van der Waals surface area contributed by atoms with Crippen LogP contribution in [0.25, 0.3) is 0 Å². The minimum atomic E-state index is 0.389. The van der Waals surface area contributed by atoms with E-state index in [9.17, 15) is 4.79 Å². The van der Waals surface area contributed by atoms with E-state index in [2.05, 4.69) is 15.9 Å². The van der Waals surface area contributed by atoms with Crippen molar-refractivity contribution in [3.05, 3.63) is 28.2 Å². The highest BCUT2D eigenvalue weighted by molar-refractivity contribution is 9.10. The van der Waals surface area contributed by atoms with Crippen LogP contribution in [0.3, 0.4) is 0 Å². The van der Waals surface area contributed by atoms with Gasteiger partial charge in [0.1, 0.15) is 11.5 Å². The van der Waals surface area contributed by atoms with Gasteiger partial charge in [0.2, 0.25) is 0 Å². The summed E-state index contributed by atoms with van der Waals surface area (Å²) >= 11 is 3.48. The second-order valence-corrected chi connectivity index (χ2v) is 7.18. The molecule has 2 aliphatic rings. The second kappa shape index (κ2) is 5.88. The van der Waals surface area contributed by atoms with Gasteiger partial charge in [0.05, 0.1) is 11.6 Å². The van der Waals surface area contributed by atoms with Crippen LogP contribution < -0.4 is 4.74 Å². The van der Waals surface area contributed by atoms with Gasteiger partial charge in [0.15, 0.2) is 0 Å². The number of halogens is 1. The summed E-state index contributed by atoms with van der Waals surface area (Å²) in [5, 5.41) is 0. The maximum atomic E-state index is 12.3. The van der Waals surface area contributed by atoms with E-state index in [1.807, 2.05) is 18.2 Å². The van der Waals surface area contributed by atoms with Gasteiger partial charge in [-0.05, 0) is 70.6 Å². The number of methoxy groups -OCH3 is 1. The predicted octanol–water partition coefficient (Wildman–Crippen LogP) is 4.40. The number of Topliss-reactive ketones (excluding diaryl/α,β-unsaturated/α-hetero) is 1. The van der Waals surface area contributed by atoms with Gasteiger partial charge in [-0.1, -0.05) is 12.5 Å². The van der Waals surface area contributed by atoms with Gasteiger partial charge in [-0.3, -0.25) is 4.79 Å². The number of fused-ring (bicyclic) bond motifs is 2. The fourth-order valence-corrected chi connectivity index (χ4v) is 4.63. The van der Waals surface area contributed by atoms with Gasteiger partial charge >= 0.3 is 0 Å². The van der Waals surface area contributed by atoms with Crippen LogP contribution in [0.4, 0.5) is 0 Å². The van der Waals surface area contributed by atoms with Crippen molar-refractivity contribution in [3.8, 4) is 5.75 Å². The molecule has 0 saturated heterocycles. The van der Waals surface area contributed by atoms with Crippen molar-refractivity contribution in [2.75, 3.05) is 7.11 Å². The fourth-order valence-electron chi connectivity index (χ4n) is 4.04. The minimum absolute atomic E-state index is 0.389. The molecule has 0 heterocycles. The van der Waals surface area contributed by atoms with Crippen molar-refractivity contribution >= 4 is 21.7 Å². The normalized spacial score (nSPS) is 27.8. The molecule has 2 nitrogen and oxygen atoms in total. The summed E-state index contributed by atoms with van der Waals surface area (Å²) in [5.74, 6) is 3.64. The molecule has 2 fully saturated rings. The first kappa shape index (κ1) is 14.1. The lowest BCUT2D eigenvalue weighted by Crippen LogP contribution is -2.16. The third-order valence-corrected chi connectivity index (χ3v) is 5.61. The van der Waals surface area contributed by atoms with Crippen molar-refractivity contribution in [3.63, 3.8) is 0 Å². The van der Waals surface area contributed by atoms with Gasteiger partial charge < -0.3 is 4.74 Å². The molecule has 0 aliphatic heterocycles. The molecule has 3 heteroatoms. The summed E-state index contributed by atoms with van der Waals surface area (Å²) in [6.07, 6.45) is 6.77. The van der Waals surface area contributed by atoms with Crippen molar-refractivity contribution in [1.82, 2.24) is 0 Å². The van der Waals surface area contributed by atoms with Crippen LogP contribution in [0.5, 0.6) is 5.75 Å². The van der Waals surface area contributed by atoms with Crippen molar-refractivity contribution in [1.29, 1.82) is 0 Å². The standard InChI is InChI=1S/C17H21BrO2/c1-20-17-5-3-12(9-16(17)18)8-15(19)10-14-7-11-2-4-13(14)6-11/h3,5,9,11,13-14H,2,4,6-8,10H2,1H3. The van der Waals surface area contributed by atoms with E-state index in [4.69, 9.17) is 4.74 Å². The average Bonchev–Trinajstić information content (AvgIpc) is 3.01. The molecule has 20 heavy (non-hydrogen) atoms. The molecular formula is C17H21BrO2. The van der Waals surface area contributed by atoms with Crippen molar-refractivity contribution < 1.29 is 9.53 Å². The second-order valence-electron chi connectivity index (χ2n) is 6.32. The molecule has 0 N–H and O–H groups in total. The van der Waals surface area contributed by atoms with E-state index >= 15 is 0 Å². The minimum Gasteiger partial charge on any atom is -0.496 e. The van der Waals surface area contributed by atoms with E-state index in [0.29, 0.717) is 18.1 Å². The lowest BCUT2D eigenvalue weighted by molar-refractivity contribution is -0.119. The smallest absolute Gasteiger partial charge is 0.137 e. The molecule has 0 aromatic heterocycles. The summed E-state index contributed by atoms with van der Waals surface area (Å²) < 4.78 is 6.14. The van der Waals surface area contributed by atoms with E-state index < -0.39 is 0 Å². The number of hydrogen-bond donors (Lipinski definition) is 0. The van der Waals surface area contributed by atoms with E-state index in [1.165, 1.54) is 25.7 Å². The summed E-state index contributed by atoms with van der Waals surface area (Å²) in [4.78, 5) is 12.3. The summed E-state index contributed by atoms with van der Waals surface area (Å²) in [7, 11) is 1.65. The largest absolute Gasteiger partial charge is 0.496 e. The maximum Gasteiger partial charge on any atom is 0.137 e. The van der Waals surface area contributed by atoms with Gasteiger partial charge in [0, 0.05) is 12.8 Å². The number of ketones is 1. The highest BCUT2D eigenvalue weighted by atomic mass is 79.9. The molecule has 3 rings (SSSR count). The van der Waals surface area contributed by atoms with Crippen LogP contribution in [0.2, 0.25) is 0 Å². The molecule has 2 aliphatic carbocycles. The SMILES string of the molecule is COc1ccc(CC(=O)CC2CC3CCC2C3)cc1Br. The summed E-state index contributed by atoms with van der Waals surface area (Å²) in [6, 6.07) is 5.91. The van der Waals surface area contributed by atoms with E-state index in [0.717, 1.165) is 34.0 Å². The van der Waals surface area contributed by atoms with Crippen molar-refractivity contribution in [2.24, 2.45) is 17.8 Å². The predicted molar refractivity (Wildman–Crippen MR) is 83.0 cm³/mol. The first-order valence-corrected chi connectivity index (χ1v) is 8.29. The molecule has 1 aromatic rings. The van der Waals surface area contributed by atoms with Crippen LogP contribution in [-0.2, 0) is 11.2 Å². The number of rotatable bonds is 5. The number of carbonyl (C=O) groups excluding carboxylic acids is 1. The molecule has 0 spiro atoms. The molecule has 108 valence electrons. The molecule has 3 unspecified atom stereocenters. The summed E-state index contributed by atoms with van der Waals surface area (Å²) in [5.41, 5.74) is 1.07. The molecule has 2 bridgehead atoms. The number of ether oxygens (including phenoxy) is 1. The molecular weight excluding hydrogens is 316 g/mol. The molecule has 0 amide bonds. The third-order valence-electron chi connectivity index (χ3n) is 4.99. The Balaban J connectivity index is 1.57. The molecule has 0 radical (unpaired) electrons. The highest BCUT2D eigenvalue weighted by Gasteiger charge is 2.39. The Morgan fingerprint density at radius 1 is 1.35 bits per heavy atom. The lowest BCUT2D eigenvalue weighted by Gasteiger charge is -2.20. The first-order chi connectivity index (χ1) is 9.65. The molecule has 1 aromatic carbocycles. The van der Waals surface area contributed by atoms with E-state index in [1.54, 1.807) is 7.11 Å². The molecule has 3 atom stereocenters.